The summed E-state index contributed by atoms with van der Waals surface area (Å²) >= 11 is 0. The van der Waals surface area contributed by atoms with Gasteiger partial charge in [0.2, 0.25) is 0 Å². The summed E-state index contributed by atoms with van der Waals surface area (Å²) in [7, 11) is 1.22. The van der Waals surface area contributed by atoms with Gasteiger partial charge >= 0.3 is 5.97 Å². The number of methoxy groups -OCH3 is 1. The average molecular weight is 398 g/mol. The Hall–Kier alpha value is -0.570. The fourth-order valence-electron chi connectivity index (χ4n) is 7.87. The molecule has 0 bridgehead atoms. The molecule has 0 heterocycles. The molecule has 4 fully saturated rings. The highest BCUT2D eigenvalue weighted by Gasteiger charge is 2.60. The van der Waals surface area contributed by atoms with Crippen molar-refractivity contribution in [1.82, 2.24) is 0 Å². The lowest BCUT2D eigenvalue weighted by atomic mass is 9.44. The number of hydrogen-bond donors (Lipinski definition) is 1. The van der Waals surface area contributed by atoms with Gasteiger partial charge in [-0.3, -0.25) is 4.79 Å². The molecule has 3 heteroatoms. The predicted octanol–water partition coefficient (Wildman–Crippen LogP) is 5.60. The molecule has 4 aliphatic carbocycles. The van der Waals surface area contributed by atoms with Crippen molar-refractivity contribution in [3.05, 3.63) is 0 Å². The largest absolute Gasteiger partial charge is 0.469 e. The van der Waals surface area contributed by atoms with Crippen LogP contribution in [0.5, 0.6) is 0 Å². The summed E-state index contributed by atoms with van der Waals surface area (Å²) in [6, 6.07) is 0. The van der Waals surface area contributed by atoms with Crippen LogP contribution in [0.4, 0.5) is 0 Å². The molecular weight excluding hydrogens is 348 g/mol. The van der Waals surface area contributed by atoms with Gasteiger partial charge in [-0.25, -0.2) is 0 Å². The van der Waals surface area contributed by atoms with Gasteiger partial charge in [0, 0.05) is 14.6 Å². The van der Waals surface area contributed by atoms with Gasteiger partial charge in [-0.1, -0.05) is 20.8 Å². The Bertz CT molecular complexity index is 862. The molecule has 0 amide bonds. The zero-order valence-corrected chi connectivity index (χ0v) is 17.9. The lowest BCUT2D eigenvalue weighted by Gasteiger charge is -2.61. The van der Waals surface area contributed by atoms with Gasteiger partial charge in [-0.05, 0) is 110 Å². The Kier molecular flexibility index (Phi) is 3.71. The Balaban J connectivity index is 1.59. The normalized spacial score (nSPS) is 59.3. The van der Waals surface area contributed by atoms with E-state index in [0.29, 0.717) is 18.3 Å². The summed E-state index contributed by atoms with van der Waals surface area (Å²) in [6.45, 7) is 6.36. The van der Waals surface area contributed by atoms with Crippen LogP contribution in [0.1, 0.15) is 101 Å². The van der Waals surface area contributed by atoms with E-state index in [4.69, 9.17) is 9.60 Å². The van der Waals surface area contributed by atoms with E-state index in [9.17, 15) is 9.90 Å². The molecule has 9 atom stereocenters. The van der Waals surface area contributed by atoms with Crippen molar-refractivity contribution in [2.75, 3.05) is 7.11 Å². The third-order valence-corrected chi connectivity index (χ3v) is 9.33. The van der Waals surface area contributed by atoms with Crippen LogP contribution in [0.25, 0.3) is 0 Å². The van der Waals surface area contributed by atoms with Crippen molar-refractivity contribution >= 4 is 5.97 Å². The highest BCUT2D eigenvalue weighted by atomic mass is 16.5. The summed E-state index contributed by atoms with van der Waals surface area (Å²) < 4.78 is 63.6. The first-order chi connectivity index (χ1) is 15.9. The highest BCUT2D eigenvalue weighted by Crippen LogP contribution is 2.68. The number of carbonyl (C=O) groups excluding carboxylic acids is 1. The van der Waals surface area contributed by atoms with Crippen LogP contribution in [-0.2, 0) is 9.53 Å². The number of rotatable bonds is 4. The maximum Gasteiger partial charge on any atom is 0.305 e. The quantitative estimate of drug-likeness (QED) is 0.628. The summed E-state index contributed by atoms with van der Waals surface area (Å²) in [4.78, 5) is 12.0. The van der Waals surface area contributed by atoms with Crippen LogP contribution < -0.4 is 0 Å². The summed E-state index contributed by atoms with van der Waals surface area (Å²) in [5.41, 5.74) is -0.629. The molecule has 0 radical (unpaired) electrons. The zero-order valence-electron chi connectivity index (χ0n) is 24.9. The predicted molar refractivity (Wildman–Crippen MR) is 112 cm³/mol. The average Bonchev–Trinajstić information content (AvgIpc) is 3.08. The Labute approximate surface area is 181 Å². The van der Waals surface area contributed by atoms with E-state index in [1.165, 1.54) is 7.11 Å². The third-order valence-electron chi connectivity index (χ3n) is 9.33. The molecule has 0 aliphatic heterocycles. The minimum Gasteiger partial charge on any atom is -0.469 e. The van der Waals surface area contributed by atoms with E-state index in [-0.39, 0.29) is 36.0 Å². The van der Waals surface area contributed by atoms with Gasteiger partial charge in [-0.15, -0.1) is 0 Å². The van der Waals surface area contributed by atoms with Crippen LogP contribution in [0, 0.1) is 46.3 Å². The van der Waals surface area contributed by atoms with Gasteiger partial charge < -0.3 is 9.84 Å². The van der Waals surface area contributed by atoms with Crippen LogP contribution in [-0.4, -0.2) is 24.3 Å². The maximum atomic E-state index is 12.0. The second-order valence-corrected chi connectivity index (χ2v) is 10.4. The first kappa shape index (κ1) is 13.7. The van der Waals surface area contributed by atoms with Crippen molar-refractivity contribution in [2.45, 2.75) is 97.3 Å². The Morgan fingerprint density at radius 1 is 1.21 bits per heavy atom. The van der Waals surface area contributed by atoms with Gasteiger partial charge in [0.05, 0.1) is 14.6 Å². The zero-order chi connectivity index (χ0) is 26.4. The summed E-state index contributed by atoms with van der Waals surface area (Å²) in [5, 5.41) is 10.7. The Morgan fingerprint density at radius 3 is 2.71 bits per heavy atom. The standard InChI is InChI=1S/C25H42O3/c1-16(5-10-23(27)28-4)20-8-9-21-19-7-6-17-15-18(26)11-13-24(17,2)22(19)12-14-25(20,21)3/h16-22,26H,5-15H2,1-4H3/t16-,17-,18+,19+,20?,21+,22?,24+,25-/m1/s1/i10D2,11D2,15D2,18D. The molecule has 0 spiro atoms. The first-order valence-electron chi connectivity index (χ1n) is 14.7. The Morgan fingerprint density at radius 2 is 1.96 bits per heavy atom. The number of fused-ring (bicyclic) bond motifs is 5. The molecule has 4 rings (SSSR count). The number of esters is 1. The third kappa shape index (κ3) is 3.24. The van der Waals surface area contributed by atoms with Crippen molar-refractivity contribution in [3.63, 3.8) is 0 Å². The van der Waals surface area contributed by atoms with E-state index in [1.807, 2.05) is 13.8 Å². The fraction of sp³-hybridized carbons (Fsp3) is 0.960. The molecule has 2 unspecified atom stereocenters. The molecule has 1 N–H and O–H groups in total. The number of hydrogen-bond acceptors (Lipinski definition) is 3. The molecule has 0 aromatic rings. The van der Waals surface area contributed by atoms with E-state index in [1.54, 1.807) is 0 Å². The number of ether oxygens (including phenoxy) is 1. The second kappa shape index (κ2) is 7.60. The second-order valence-electron chi connectivity index (χ2n) is 10.4. The maximum absolute atomic E-state index is 12.0. The minimum atomic E-state index is -2.77. The lowest BCUT2D eigenvalue weighted by molar-refractivity contribution is -0.141. The molecule has 4 aliphatic rings. The molecule has 3 nitrogen and oxygen atoms in total. The topological polar surface area (TPSA) is 46.5 Å². The molecule has 4 saturated carbocycles. The minimum absolute atomic E-state index is 0.00115. The van der Waals surface area contributed by atoms with Crippen molar-refractivity contribution in [2.24, 2.45) is 46.3 Å². The molecule has 0 aromatic heterocycles. The van der Waals surface area contributed by atoms with Gasteiger partial charge in [0.15, 0.2) is 0 Å². The van der Waals surface area contributed by atoms with Crippen LogP contribution >= 0.6 is 0 Å². The van der Waals surface area contributed by atoms with Crippen LogP contribution in [0.3, 0.4) is 0 Å². The number of carbonyl (C=O) groups is 1. The number of aliphatic hydroxyl groups is 1. The van der Waals surface area contributed by atoms with Crippen LogP contribution in [0.2, 0.25) is 0 Å². The van der Waals surface area contributed by atoms with Gasteiger partial charge in [-0.2, -0.15) is 0 Å². The fourth-order valence-corrected chi connectivity index (χ4v) is 7.87. The van der Waals surface area contributed by atoms with E-state index < -0.39 is 42.5 Å². The molecule has 0 saturated heterocycles. The molecule has 28 heavy (non-hydrogen) atoms. The smallest absolute Gasteiger partial charge is 0.305 e. The summed E-state index contributed by atoms with van der Waals surface area (Å²) in [5.74, 6) is -0.238. The van der Waals surface area contributed by atoms with E-state index in [0.717, 1.165) is 32.1 Å². The van der Waals surface area contributed by atoms with Crippen molar-refractivity contribution < 1.29 is 24.2 Å². The van der Waals surface area contributed by atoms with E-state index >= 15 is 0 Å². The van der Waals surface area contributed by atoms with Crippen molar-refractivity contribution in [3.8, 4) is 0 Å². The van der Waals surface area contributed by atoms with Crippen LogP contribution in [0.15, 0.2) is 0 Å². The first-order valence-corrected chi connectivity index (χ1v) is 11.2. The van der Waals surface area contributed by atoms with Gasteiger partial charge in [0.25, 0.3) is 0 Å². The SMILES string of the molecule is [2H]C([2H])(C[C@@H](C)C1CC[C@H]2[C@@H]3CC[C@@H]4C([2H])([2H])[C@@]([2H])(O)C([2H])([2H])C[C@]4(C)C3CC[C@]12C)C(=O)OC. The lowest BCUT2D eigenvalue weighted by Crippen LogP contribution is -2.54. The van der Waals surface area contributed by atoms with Gasteiger partial charge in [0.1, 0.15) is 0 Å². The van der Waals surface area contributed by atoms with Crippen molar-refractivity contribution in [1.29, 1.82) is 0 Å². The summed E-state index contributed by atoms with van der Waals surface area (Å²) in [6.07, 6.45) is -4.24. The highest BCUT2D eigenvalue weighted by molar-refractivity contribution is 5.69. The monoisotopic (exact) mass is 397 g/mol. The molecular formula is C25H42O3. The molecule has 160 valence electrons. The van der Waals surface area contributed by atoms with E-state index in [2.05, 4.69) is 11.7 Å². The molecule has 0 aromatic carbocycles.